The molecule has 0 bridgehead atoms. The van der Waals surface area contributed by atoms with Crippen LogP contribution in [-0.4, -0.2) is 11.8 Å². The standard InChI is InChI=1S/C15H15Br2FN2S/c16-11-1-4-14(5-2-11)21-9-13(20-19)8-10-7-12(17)3-6-15(10)18/h1-7,13,20H,8-9,19H2. The van der Waals surface area contributed by atoms with Crippen LogP contribution in [0.3, 0.4) is 0 Å². The average molecular weight is 434 g/mol. The third-order valence-electron chi connectivity index (χ3n) is 2.97. The molecule has 0 saturated carbocycles. The molecule has 0 aliphatic carbocycles. The highest BCUT2D eigenvalue weighted by atomic mass is 79.9. The summed E-state index contributed by atoms with van der Waals surface area (Å²) in [6.07, 6.45) is 0.547. The Labute approximate surface area is 144 Å². The van der Waals surface area contributed by atoms with Gasteiger partial charge in [-0.05, 0) is 54.4 Å². The smallest absolute Gasteiger partial charge is 0.126 e. The van der Waals surface area contributed by atoms with Crippen LogP contribution >= 0.6 is 43.6 Å². The summed E-state index contributed by atoms with van der Waals surface area (Å²) >= 11 is 8.47. The fourth-order valence-electron chi connectivity index (χ4n) is 1.86. The van der Waals surface area contributed by atoms with Crippen LogP contribution in [0.1, 0.15) is 5.56 Å². The van der Waals surface area contributed by atoms with E-state index in [1.54, 1.807) is 23.9 Å². The van der Waals surface area contributed by atoms with E-state index in [4.69, 9.17) is 5.84 Å². The van der Waals surface area contributed by atoms with Crippen LogP contribution in [0.15, 0.2) is 56.3 Å². The molecule has 1 atom stereocenters. The van der Waals surface area contributed by atoms with E-state index < -0.39 is 0 Å². The Morgan fingerprint density at radius 3 is 2.43 bits per heavy atom. The number of benzene rings is 2. The van der Waals surface area contributed by atoms with Crippen LogP contribution in [0, 0.1) is 5.82 Å². The largest absolute Gasteiger partial charge is 0.271 e. The third-order valence-corrected chi connectivity index (χ3v) is 5.17. The lowest BCUT2D eigenvalue weighted by Crippen LogP contribution is -2.38. The second kappa shape index (κ2) is 8.29. The van der Waals surface area contributed by atoms with Gasteiger partial charge in [0.2, 0.25) is 0 Å². The van der Waals surface area contributed by atoms with E-state index in [-0.39, 0.29) is 11.9 Å². The lowest BCUT2D eigenvalue weighted by atomic mass is 10.1. The highest BCUT2D eigenvalue weighted by Gasteiger charge is 2.12. The van der Waals surface area contributed by atoms with Gasteiger partial charge in [0.25, 0.3) is 0 Å². The Bertz CT molecular complexity index is 593. The second-order valence-electron chi connectivity index (χ2n) is 4.57. The number of hydrogen-bond donors (Lipinski definition) is 2. The topological polar surface area (TPSA) is 38.0 Å². The first-order valence-corrected chi connectivity index (χ1v) is 8.94. The molecule has 112 valence electrons. The molecule has 2 aromatic carbocycles. The number of nitrogens with two attached hydrogens (primary N) is 1. The van der Waals surface area contributed by atoms with Gasteiger partial charge in [0, 0.05) is 25.6 Å². The first kappa shape index (κ1) is 17.0. The van der Waals surface area contributed by atoms with E-state index in [1.807, 2.05) is 24.3 Å². The first-order valence-electron chi connectivity index (χ1n) is 6.37. The molecule has 2 nitrogen and oxygen atoms in total. The van der Waals surface area contributed by atoms with Gasteiger partial charge in [-0.15, -0.1) is 11.8 Å². The number of thioether (sulfide) groups is 1. The van der Waals surface area contributed by atoms with Gasteiger partial charge in [-0.2, -0.15) is 0 Å². The molecule has 0 saturated heterocycles. The van der Waals surface area contributed by atoms with E-state index in [9.17, 15) is 4.39 Å². The van der Waals surface area contributed by atoms with Crippen molar-refractivity contribution in [3.8, 4) is 0 Å². The molecule has 21 heavy (non-hydrogen) atoms. The summed E-state index contributed by atoms with van der Waals surface area (Å²) in [4.78, 5) is 1.16. The van der Waals surface area contributed by atoms with E-state index in [0.29, 0.717) is 12.0 Å². The van der Waals surface area contributed by atoms with Gasteiger partial charge in [0.1, 0.15) is 5.82 Å². The normalized spacial score (nSPS) is 12.4. The minimum atomic E-state index is -0.202. The minimum Gasteiger partial charge on any atom is -0.271 e. The Kier molecular flexibility index (Phi) is 6.70. The van der Waals surface area contributed by atoms with Gasteiger partial charge in [0.05, 0.1) is 0 Å². The molecule has 0 heterocycles. The number of hydrogen-bond acceptors (Lipinski definition) is 3. The minimum absolute atomic E-state index is 0.00227. The molecular weight excluding hydrogens is 419 g/mol. The molecule has 6 heteroatoms. The van der Waals surface area contributed by atoms with Gasteiger partial charge >= 0.3 is 0 Å². The molecule has 0 spiro atoms. The predicted octanol–water partition coefficient (Wildman–Crippen LogP) is 4.52. The monoisotopic (exact) mass is 432 g/mol. The Morgan fingerprint density at radius 1 is 1.10 bits per heavy atom. The van der Waals surface area contributed by atoms with Crippen molar-refractivity contribution in [3.63, 3.8) is 0 Å². The second-order valence-corrected chi connectivity index (χ2v) is 7.49. The van der Waals surface area contributed by atoms with Crippen molar-refractivity contribution < 1.29 is 4.39 Å². The van der Waals surface area contributed by atoms with Crippen molar-refractivity contribution >= 4 is 43.6 Å². The summed E-state index contributed by atoms with van der Waals surface area (Å²) in [6, 6.07) is 13.0. The maximum Gasteiger partial charge on any atom is 0.126 e. The van der Waals surface area contributed by atoms with Crippen molar-refractivity contribution in [2.75, 3.05) is 5.75 Å². The molecule has 0 aliphatic heterocycles. The van der Waals surface area contributed by atoms with Crippen molar-refractivity contribution in [2.45, 2.75) is 17.4 Å². The Morgan fingerprint density at radius 2 is 1.76 bits per heavy atom. The summed E-state index contributed by atoms with van der Waals surface area (Å²) in [6.45, 7) is 0. The van der Waals surface area contributed by atoms with Gasteiger partial charge < -0.3 is 0 Å². The summed E-state index contributed by atoms with van der Waals surface area (Å²) < 4.78 is 15.7. The number of rotatable bonds is 6. The Balaban J connectivity index is 1.96. The van der Waals surface area contributed by atoms with Crippen LogP contribution in [0.4, 0.5) is 4.39 Å². The van der Waals surface area contributed by atoms with Crippen LogP contribution in [0.25, 0.3) is 0 Å². The van der Waals surface area contributed by atoms with Crippen LogP contribution in [-0.2, 0) is 6.42 Å². The van der Waals surface area contributed by atoms with E-state index in [1.165, 1.54) is 6.07 Å². The summed E-state index contributed by atoms with van der Waals surface area (Å²) in [5, 5.41) is 0. The fourth-order valence-corrected chi connectivity index (χ4v) is 3.47. The molecular formula is C15H15Br2FN2S. The summed E-state index contributed by atoms with van der Waals surface area (Å²) in [7, 11) is 0. The highest BCUT2D eigenvalue weighted by molar-refractivity contribution is 9.10. The van der Waals surface area contributed by atoms with Crippen molar-refractivity contribution in [3.05, 3.63) is 62.8 Å². The molecule has 0 fully saturated rings. The molecule has 0 aromatic heterocycles. The zero-order chi connectivity index (χ0) is 15.2. The fraction of sp³-hybridized carbons (Fsp3) is 0.200. The molecule has 1 unspecified atom stereocenters. The molecule has 0 radical (unpaired) electrons. The van der Waals surface area contributed by atoms with Crippen molar-refractivity contribution in [1.29, 1.82) is 0 Å². The van der Waals surface area contributed by atoms with Crippen molar-refractivity contribution in [2.24, 2.45) is 5.84 Å². The van der Waals surface area contributed by atoms with Gasteiger partial charge in [0.15, 0.2) is 0 Å². The average Bonchev–Trinajstić information content (AvgIpc) is 2.48. The molecule has 3 N–H and O–H groups in total. The Hall–Kier alpha value is -0.400. The molecule has 2 rings (SSSR count). The predicted molar refractivity (Wildman–Crippen MR) is 93.8 cm³/mol. The lowest BCUT2D eigenvalue weighted by Gasteiger charge is -2.16. The van der Waals surface area contributed by atoms with E-state index >= 15 is 0 Å². The zero-order valence-electron chi connectivity index (χ0n) is 11.2. The number of hydrazine groups is 1. The van der Waals surface area contributed by atoms with Gasteiger partial charge in [-0.25, -0.2) is 4.39 Å². The third kappa shape index (κ3) is 5.38. The molecule has 0 amide bonds. The molecule has 0 aliphatic rings. The van der Waals surface area contributed by atoms with Crippen LogP contribution in [0.2, 0.25) is 0 Å². The maximum absolute atomic E-state index is 13.8. The van der Waals surface area contributed by atoms with Crippen LogP contribution < -0.4 is 11.3 Å². The SMILES string of the molecule is NNC(CSc1ccc(Br)cc1)Cc1cc(Br)ccc1F. The summed E-state index contributed by atoms with van der Waals surface area (Å²) in [5.41, 5.74) is 3.42. The lowest BCUT2D eigenvalue weighted by molar-refractivity contribution is 0.546. The molecule has 2 aromatic rings. The van der Waals surface area contributed by atoms with E-state index in [2.05, 4.69) is 37.3 Å². The summed E-state index contributed by atoms with van der Waals surface area (Å²) in [5.74, 6) is 6.16. The maximum atomic E-state index is 13.8. The first-order chi connectivity index (χ1) is 10.1. The van der Waals surface area contributed by atoms with Gasteiger partial charge in [-0.3, -0.25) is 11.3 Å². The van der Waals surface area contributed by atoms with Crippen molar-refractivity contribution in [1.82, 2.24) is 5.43 Å². The van der Waals surface area contributed by atoms with Crippen LogP contribution in [0.5, 0.6) is 0 Å². The number of halogens is 3. The quantitative estimate of drug-likeness (QED) is 0.399. The highest BCUT2D eigenvalue weighted by Crippen LogP contribution is 2.23. The van der Waals surface area contributed by atoms with Gasteiger partial charge in [-0.1, -0.05) is 31.9 Å². The number of nitrogens with one attached hydrogen (secondary N) is 1. The van der Waals surface area contributed by atoms with E-state index in [0.717, 1.165) is 19.6 Å². The zero-order valence-corrected chi connectivity index (χ0v) is 15.1.